The number of hydrogen-bond acceptors (Lipinski definition) is 0. The topological polar surface area (TPSA) is 0 Å². The molecule has 0 aliphatic heterocycles. The predicted octanol–water partition coefficient (Wildman–Crippen LogP) is 7.20. The van der Waals surface area contributed by atoms with Gasteiger partial charge in [-0.2, -0.15) is 0 Å². The summed E-state index contributed by atoms with van der Waals surface area (Å²) in [6.45, 7) is 2.25. The van der Waals surface area contributed by atoms with Crippen molar-refractivity contribution in [3.63, 3.8) is 0 Å². The molecule has 0 unspecified atom stereocenters. The van der Waals surface area contributed by atoms with Crippen LogP contribution in [-0.2, 0) is 5.41 Å². The summed E-state index contributed by atoms with van der Waals surface area (Å²) in [6.07, 6.45) is 10.1. The van der Waals surface area contributed by atoms with Crippen LogP contribution in [0.25, 0.3) is 0 Å². The van der Waals surface area contributed by atoms with E-state index in [1.807, 2.05) is 18.2 Å². The first kappa shape index (κ1) is 19.1. The Balaban J connectivity index is 2.52. The molecule has 0 N–H and O–H groups in total. The maximum absolute atomic E-state index is 6.35. The molecule has 0 bridgehead atoms. The smallest absolute Gasteiger partial charge is 0.0444 e. The van der Waals surface area contributed by atoms with Crippen LogP contribution in [0, 0.1) is 0 Å². The van der Waals surface area contributed by atoms with E-state index in [4.69, 9.17) is 34.8 Å². The average Bonchev–Trinajstić information content (AvgIpc) is 2.52. The molecule has 0 radical (unpaired) electrons. The number of rotatable bonds is 11. The Morgan fingerprint density at radius 2 is 1.43 bits per heavy atom. The molecular formula is C18H27Cl3. The second kappa shape index (κ2) is 10.8. The maximum Gasteiger partial charge on any atom is 0.0444 e. The summed E-state index contributed by atoms with van der Waals surface area (Å²) in [5.41, 5.74) is 0.910. The van der Waals surface area contributed by atoms with Crippen LogP contribution in [-0.4, -0.2) is 11.8 Å². The minimum atomic E-state index is -0.190. The van der Waals surface area contributed by atoms with Gasteiger partial charge in [-0.25, -0.2) is 0 Å². The lowest BCUT2D eigenvalue weighted by Gasteiger charge is -2.31. The van der Waals surface area contributed by atoms with E-state index in [9.17, 15) is 0 Å². The lowest BCUT2D eigenvalue weighted by Crippen LogP contribution is -2.31. The summed E-state index contributed by atoms with van der Waals surface area (Å²) < 4.78 is 0. The van der Waals surface area contributed by atoms with E-state index >= 15 is 0 Å². The zero-order chi connectivity index (χ0) is 15.6. The van der Waals surface area contributed by atoms with Crippen LogP contribution in [0.2, 0.25) is 5.02 Å². The summed E-state index contributed by atoms with van der Waals surface area (Å²) in [6, 6.07) is 7.95. The minimum absolute atomic E-state index is 0.190. The third kappa shape index (κ3) is 6.00. The Kier molecular flexibility index (Phi) is 9.80. The molecular weight excluding hydrogens is 323 g/mol. The van der Waals surface area contributed by atoms with Gasteiger partial charge in [0.15, 0.2) is 0 Å². The van der Waals surface area contributed by atoms with Crippen LogP contribution in [0.5, 0.6) is 0 Å². The second-order valence-corrected chi connectivity index (χ2v) is 6.84. The zero-order valence-electron chi connectivity index (χ0n) is 13.0. The van der Waals surface area contributed by atoms with Gasteiger partial charge in [-0.1, -0.05) is 81.7 Å². The van der Waals surface area contributed by atoms with Crippen molar-refractivity contribution in [1.82, 2.24) is 0 Å². The molecule has 1 aromatic rings. The van der Waals surface area contributed by atoms with Crippen LogP contribution < -0.4 is 0 Å². The normalized spacial score (nSPS) is 11.8. The average molecular weight is 350 g/mol. The van der Waals surface area contributed by atoms with Gasteiger partial charge in [0.2, 0.25) is 0 Å². The number of hydrogen-bond donors (Lipinski definition) is 0. The van der Waals surface area contributed by atoms with Crippen LogP contribution >= 0.6 is 34.8 Å². The van der Waals surface area contributed by atoms with E-state index < -0.39 is 0 Å². The van der Waals surface area contributed by atoms with E-state index in [2.05, 4.69) is 13.0 Å². The van der Waals surface area contributed by atoms with Crippen molar-refractivity contribution in [3.05, 3.63) is 34.9 Å². The first-order valence-electron chi connectivity index (χ1n) is 8.07. The quantitative estimate of drug-likeness (QED) is 0.293. The first-order chi connectivity index (χ1) is 10.2. The molecule has 1 rings (SSSR count). The van der Waals surface area contributed by atoms with Crippen LogP contribution in [0.15, 0.2) is 24.3 Å². The lowest BCUT2D eigenvalue weighted by atomic mass is 9.79. The molecule has 0 heterocycles. The van der Waals surface area contributed by atoms with Crippen molar-refractivity contribution in [2.45, 2.75) is 63.7 Å². The molecule has 0 saturated heterocycles. The third-order valence-corrected chi connectivity index (χ3v) is 5.57. The number of alkyl halides is 2. The molecule has 21 heavy (non-hydrogen) atoms. The van der Waals surface area contributed by atoms with Gasteiger partial charge in [0.25, 0.3) is 0 Å². The Morgan fingerprint density at radius 3 is 2.00 bits per heavy atom. The van der Waals surface area contributed by atoms with Gasteiger partial charge in [-0.05, 0) is 18.1 Å². The predicted molar refractivity (Wildman–Crippen MR) is 97.2 cm³/mol. The number of benzene rings is 1. The molecule has 0 atom stereocenters. The molecule has 0 amide bonds. The zero-order valence-corrected chi connectivity index (χ0v) is 15.3. The second-order valence-electron chi connectivity index (χ2n) is 5.90. The van der Waals surface area contributed by atoms with Gasteiger partial charge < -0.3 is 0 Å². The van der Waals surface area contributed by atoms with Gasteiger partial charge in [-0.15, -0.1) is 23.2 Å². The highest BCUT2D eigenvalue weighted by atomic mass is 35.5. The molecule has 0 fully saturated rings. The molecule has 0 aliphatic rings. The van der Waals surface area contributed by atoms with Crippen molar-refractivity contribution in [3.8, 4) is 0 Å². The summed E-state index contributed by atoms with van der Waals surface area (Å²) in [5, 5.41) is 0.779. The molecule has 0 aromatic heterocycles. The van der Waals surface area contributed by atoms with Crippen molar-refractivity contribution >= 4 is 34.8 Å². The van der Waals surface area contributed by atoms with E-state index in [1.54, 1.807) is 0 Å². The van der Waals surface area contributed by atoms with Crippen molar-refractivity contribution in [1.29, 1.82) is 0 Å². The third-order valence-electron chi connectivity index (χ3n) is 4.22. The highest BCUT2D eigenvalue weighted by molar-refractivity contribution is 6.32. The van der Waals surface area contributed by atoms with E-state index in [0.29, 0.717) is 11.8 Å². The van der Waals surface area contributed by atoms with E-state index in [0.717, 1.165) is 23.4 Å². The van der Waals surface area contributed by atoms with Gasteiger partial charge in [0.1, 0.15) is 0 Å². The standard InChI is InChI=1S/C18H27Cl3/c1-2-3-4-5-6-7-10-13-18(14-19,15-20)16-11-8-9-12-17(16)21/h8-9,11-12H,2-7,10,13-15H2,1H3. The van der Waals surface area contributed by atoms with Gasteiger partial charge in [-0.3, -0.25) is 0 Å². The van der Waals surface area contributed by atoms with Crippen LogP contribution in [0.4, 0.5) is 0 Å². The molecule has 1 aromatic carbocycles. The fourth-order valence-corrected chi connectivity index (χ4v) is 3.94. The van der Waals surface area contributed by atoms with Crippen LogP contribution in [0.1, 0.15) is 63.9 Å². The monoisotopic (exact) mass is 348 g/mol. The molecule has 0 spiro atoms. The molecule has 3 heteroatoms. The Morgan fingerprint density at radius 1 is 0.857 bits per heavy atom. The Hall–Kier alpha value is 0.0900. The summed E-state index contributed by atoms with van der Waals surface area (Å²) in [7, 11) is 0. The van der Waals surface area contributed by atoms with Crippen molar-refractivity contribution in [2.75, 3.05) is 11.8 Å². The maximum atomic E-state index is 6.35. The summed E-state index contributed by atoms with van der Waals surface area (Å²) in [4.78, 5) is 0. The molecule has 0 nitrogen and oxygen atoms in total. The van der Waals surface area contributed by atoms with Crippen molar-refractivity contribution < 1.29 is 0 Å². The lowest BCUT2D eigenvalue weighted by molar-refractivity contribution is 0.451. The summed E-state index contributed by atoms with van der Waals surface area (Å²) in [5.74, 6) is 1.05. The highest BCUT2D eigenvalue weighted by Gasteiger charge is 2.31. The Labute approximate surface area is 145 Å². The first-order valence-corrected chi connectivity index (χ1v) is 9.52. The van der Waals surface area contributed by atoms with E-state index in [-0.39, 0.29) is 5.41 Å². The van der Waals surface area contributed by atoms with Crippen LogP contribution in [0.3, 0.4) is 0 Å². The van der Waals surface area contributed by atoms with E-state index in [1.165, 1.54) is 38.5 Å². The summed E-state index contributed by atoms with van der Waals surface area (Å²) >= 11 is 18.9. The van der Waals surface area contributed by atoms with Gasteiger partial charge >= 0.3 is 0 Å². The van der Waals surface area contributed by atoms with Crippen molar-refractivity contribution in [2.24, 2.45) is 0 Å². The molecule has 0 saturated carbocycles. The van der Waals surface area contributed by atoms with Gasteiger partial charge in [0, 0.05) is 22.2 Å². The fraction of sp³-hybridized carbons (Fsp3) is 0.667. The SMILES string of the molecule is CCCCCCCCCC(CCl)(CCl)c1ccccc1Cl. The molecule has 0 aliphatic carbocycles. The Bertz CT molecular complexity index is 386. The largest absolute Gasteiger partial charge is 0.126 e. The number of unbranched alkanes of at least 4 members (excludes halogenated alkanes) is 6. The minimum Gasteiger partial charge on any atom is -0.126 e. The van der Waals surface area contributed by atoms with Gasteiger partial charge in [0.05, 0.1) is 0 Å². The highest BCUT2D eigenvalue weighted by Crippen LogP contribution is 2.37. The molecule has 120 valence electrons. The fourth-order valence-electron chi connectivity index (χ4n) is 2.76. The number of halogens is 3.